The monoisotopic (exact) mass is 478 g/mol. The lowest BCUT2D eigenvalue weighted by atomic mass is 10.0. The van der Waals surface area contributed by atoms with Crippen molar-refractivity contribution in [2.75, 3.05) is 13.1 Å². The molecule has 2 aromatic heterocycles. The van der Waals surface area contributed by atoms with Crippen LogP contribution in [-0.4, -0.2) is 48.1 Å². The molecule has 1 saturated heterocycles. The molecular weight excluding hydrogens is 456 g/mol. The third-order valence-corrected chi connectivity index (χ3v) is 8.89. The molecule has 0 saturated carbocycles. The van der Waals surface area contributed by atoms with Crippen LogP contribution < -0.4 is 4.72 Å². The number of nitrogens with one attached hydrogen (secondary N) is 1. The van der Waals surface area contributed by atoms with Gasteiger partial charge >= 0.3 is 0 Å². The number of rotatable bonds is 5. The number of carbonyl (C=O) groups is 1. The normalized spacial score (nSPS) is 15.4. The minimum absolute atomic E-state index is 0.0579. The predicted molar refractivity (Wildman–Crippen MR) is 122 cm³/mol. The highest BCUT2D eigenvalue weighted by Crippen LogP contribution is 2.23. The summed E-state index contributed by atoms with van der Waals surface area (Å²) >= 11 is 7.42. The van der Waals surface area contributed by atoms with Gasteiger partial charge in [0.1, 0.15) is 4.21 Å². The van der Waals surface area contributed by atoms with Crippen LogP contribution in [0.4, 0.5) is 0 Å². The number of benzene rings is 1. The molecule has 0 aliphatic carbocycles. The van der Waals surface area contributed by atoms with Crippen molar-refractivity contribution in [2.24, 2.45) is 0 Å². The van der Waals surface area contributed by atoms with Crippen LogP contribution in [0.1, 0.15) is 34.6 Å². The second-order valence-electron chi connectivity index (χ2n) is 7.56. The summed E-state index contributed by atoms with van der Waals surface area (Å²) in [6, 6.07) is 10.4. The van der Waals surface area contributed by atoms with E-state index in [2.05, 4.69) is 9.82 Å². The summed E-state index contributed by atoms with van der Waals surface area (Å²) in [5.41, 5.74) is 3.04. The van der Waals surface area contributed by atoms with Gasteiger partial charge in [-0.1, -0.05) is 17.7 Å². The molecular formula is C21H23ClN4O3S2. The van der Waals surface area contributed by atoms with Gasteiger partial charge in [0.15, 0.2) is 0 Å². The largest absolute Gasteiger partial charge is 0.339 e. The molecule has 31 heavy (non-hydrogen) atoms. The minimum Gasteiger partial charge on any atom is -0.339 e. The Morgan fingerprint density at radius 1 is 1.16 bits per heavy atom. The summed E-state index contributed by atoms with van der Waals surface area (Å²) in [6.07, 6.45) is 1.16. The zero-order valence-electron chi connectivity index (χ0n) is 17.2. The maximum Gasteiger partial charge on any atom is 0.253 e. The van der Waals surface area contributed by atoms with Gasteiger partial charge in [0.2, 0.25) is 10.0 Å². The molecule has 1 fully saturated rings. The van der Waals surface area contributed by atoms with E-state index in [1.165, 1.54) is 11.3 Å². The number of halogens is 1. The number of thiophene rings is 1. The molecule has 164 valence electrons. The van der Waals surface area contributed by atoms with Crippen molar-refractivity contribution in [3.8, 4) is 5.69 Å². The molecule has 0 unspecified atom stereocenters. The van der Waals surface area contributed by atoms with Gasteiger partial charge in [-0.25, -0.2) is 17.8 Å². The zero-order chi connectivity index (χ0) is 22.2. The third-order valence-electron chi connectivity index (χ3n) is 5.43. The first-order chi connectivity index (χ1) is 14.8. The second-order valence-corrected chi connectivity index (χ2v) is 10.8. The Kier molecular flexibility index (Phi) is 6.20. The highest BCUT2D eigenvalue weighted by atomic mass is 35.5. The Morgan fingerprint density at radius 3 is 2.39 bits per heavy atom. The van der Waals surface area contributed by atoms with Crippen LogP contribution in [0.3, 0.4) is 0 Å². The summed E-state index contributed by atoms with van der Waals surface area (Å²) in [6.45, 7) is 4.77. The van der Waals surface area contributed by atoms with Crippen molar-refractivity contribution >= 4 is 38.9 Å². The SMILES string of the molecule is Cc1nn(-c2ccc(C(=O)N3CCC(NS(=O)(=O)c4cccs4)CC3)cc2)c(C)c1Cl. The van der Waals surface area contributed by atoms with E-state index in [0.29, 0.717) is 40.7 Å². The summed E-state index contributed by atoms with van der Waals surface area (Å²) in [4.78, 5) is 14.7. The van der Waals surface area contributed by atoms with Crippen molar-refractivity contribution in [1.82, 2.24) is 19.4 Å². The first kappa shape index (κ1) is 22.0. The van der Waals surface area contributed by atoms with Crippen LogP contribution >= 0.6 is 22.9 Å². The number of carbonyl (C=O) groups excluding carboxylic acids is 1. The molecule has 1 amide bonds. The zero-order valence-corrected chi connectivity index (χ0v) is 19.6. The highest BCUT2D eigenvalue weighted by Gasteiger charge is 2.27. The van der Waals surface area contributed by atoms with Gasteiger partial charge in [-0.05, 0) is 62.4 Å². The number of nitrogens with zero attached hydrogens (tertiary/aromatic N) is 3. The van der Waals surface area contributed by atoms with Gasteiger partial charge in [-0.2, -0.15) is 5.10 Å². The maximum absolute atomic E-state index is 12.9. The Hall–Kier alpha value is -2.20. The fourth-order valence-corrected chi connectivity index (χ4v) is 6.13. The number of likely N-dealkylation sites (tertiary alicyclic amines) is 1. The molecule has 3 aromatic rings. The Labute approximate surface area is 190 Å². The fourth-order valence-electron chi connectivity index (χ4n) is 3.70. The van der Waals surface area contributed by atoms with E-state index in [0.717, 1.165) is 17.1 Å². The number of hydrogen-bond donors (Lipinski definition) is 1. The van der Waals surface area contributed by atoms with E-state index in [4.69, 9.17) is 11.6 Å². The van der Waals surface area contributed by atoms with Crippen LogP contribution in [0, 0.1) is 13.8 Å². The second kappa shape index (κ2) is 8.74. The van der Waals surface area contributed by atoms with Gasteiger partial charge in [0, 0.05) is 24.7 Å². The minimum atomic E-state index is -3.50. The molecule has 1 aromatic carbocycles. The summed E-state index contributed by atoms with van der Waals surface area (Å²) in [5.74, 6) is -0.0579. The van der Waals surface area contributed by atoms with E-state index >= 15 is 0 Å². The van der Waals surface area contributed by atoms with E-state index in [9.17, 15) is 13.2 Å². The molecule has 0 spiro atoms. The average molecular weight is 479 g/mol. The van der Waals surface area contributed by atoms with Crippen LogP contribution in [0.15, 0.2) is 46.0 Å². The van der Waals surface area contributed by atoms with Crippen molar-refractivity contribution in [3.05, 3.63) is 63.8 Å². The summed E-state index contributed by atoms with van der Waals surface area (Å²) in [7, 11) is -3.50. The number of piperidine rings is 1. The number of hydrogen-bond acceptors (Lipinski definition) is 5. The molecule has 4 rings (SSSR count). The van der Waals surface area contributed by atoms with Gasteiger partial charge in [-0.15, -0.1) is 11.3 Å². The van der Waals surface area contributed by atoms with Crippen LogP contribution in [0.2, 0.25) is 5.02 Å². The lowest BCUT2D eigenvalue weighted by Crippen LogP contribution is -2.46. The smallest absolute Gasteiger partial charge is 0.253 e. The standard InChI is InChI=1S/C21H23ClN4O3S2/c1-14-20(22)15(2)26(23-14)18-7-5-16(6-8-18)21(27)25-11-9-17(10-12-25)24-31(28,29)19-4-3-13-30-19/h3-8,13,17,24H,9-12H2,1-2H3. The first-order valence-electron chi connectivity index (χ1n) is 9.93. The third kappa shape index (κ3) is 4.55. The van der Waals surface area contributed by atoms with Gasteiger partial charge in [0.25, 0.3) is 5.91 Å². The van der Waals surface area contributed by atoms with E-state index < -0.39 is 10.0 Å². The van der Waals surface area contributed by atoms with Crippen molar-refractivity contribution in [2.45, 2.75) is 36.9 Å². The van der Waals surface area contributed by atoms with E-state index in [-0.39, 0.29) is 11.9 Å². The fraction of sp³-hybridized carbons (Fsp3) is 0.333. The van der Waals surface area contributed by atoms with Crippen molar-refractivity contribution in [3.63, 3.8) is 0 Å². The molecule has 0 atom stereocenters. The molecule has 0 bridgehead atoms. The molecule has 1 N–H and O–H groups in total. The first-order valence-corrected chi connectivity index (χ1v) is 12.7. The summed E-state index contributed by atoms with van der Waals surface area (Å²) in [5, 5.41) is 6.81. The number of sulfonamides is 1. The molecule has 10 heteroatoms. The molecule has 7 nitrogen and oxygen atoms in total. The molecule has 1 aliphatic rings. The van der Waals surface area contributed by atoms with Gasteiger partial charge in [-0.3, -0.25) is 4.79 Å². The Bertz CT molecular complexity index is 1180. The summed E-state index contributed by atoms with van der Waals surface area (Å²) < 4.78 is 29.6. The van der Waals surface area contributed by atoms with Crippen LogP contribution in [0.25, 0.3) is 5.69 Å². The Balaban J connectivity index is 1.38. The molecule has 1 aliphatic heterocycles. The number of aryl methyl sites for hydroxylation is 1. The maximum atomic E-state index is 12.9. The van der Waals surface area contributed by atoms with E-state index in [1.54, 1.807) is 39.2 Å². The van der Waals surface area contributed by atoms with Crippen molar-refractivity contribution < 1.29 is 13.2 Å². The van der Waals surface area contributed by atoms with Crippen LogP contribution in [0.5, 0.6) is 0 Å². The molecule has 3 heterocycles. The topological polar surface area (TPSA) is 84.3 Å². The van der Waals surface area contributed by atoms with Gasteiger partial charge < -0.3 is 4.90 Å². The molecule has 0 radical (unpaired) electrons. The lowest BCUT2D eigenvalue weighted by molar-refractivity contribution is 0.0711. The Morgan fingerprint density at radius 2 is 1.84 bits per heavy atom. The van der Waals surface area contributed by atoms with Crippen molar-refractivity contribution in [1.29, 1.82) is 0 Å². The number of aromatic nitrogens is 2. The lowest BCUT2D eigenvalue weighted by Gasteiger charge is -2.32. The highest BCUT2D eigenvalue weighted by molar-refractivity contribution is 7.91. The predicted octanol–water partition coefficient (Wildman–Crippen LogP) is 3.79. The quantitative estimate of drug-likeness (QED) is 0.604. The van der Waals surface area contributed by atoms with Crippen LogP contribution in [-0.2, 0) is 10.0 Å². The number of amides is 1. The van der Waals surface area contributed by atoms with E-state index in [1.807, 2.05) is 26.0 Å². The van der Waals surface area contributed by atoms with Gasteiger partial charge in [0.05, 0.1) is 22.1 Å². The average Bonchev–Trinajstić information content (AvgIpc) is 3.40.